The molecule has 0 aromatic carbocycles. The van der Waals surface area contributed by atoms with E-state index in [-0.39, 0.29) is 5.91 Å². The molecule has 2 aliphatic rings. The molecular weight excluding hydrogens is 312 g/mol. The first-order chi connectivity index (χ1) is 11.9. The standard InChI is InChI=1S/C20H22N4O/c1-12-9-15(7-8-21-12)24-17-10-14(18-22-11-13(2)23-18)5-6-16(17)20(3,4)19(24)25/h7-11H,5-6H2,1-4H3,(H,22,23). The molecule has 1 aliphatic carbocycles. The minimum atomic E-state index is -0.479. The highest BCUT2D eigenvalue weighted by molar-refractivity contribution is 6.07. The van der Waals surface area contributed by atoms with Gasteiger partial charge >= 0.3 is 0 Å². The molecule has 0 atom stereocenters. The molecule has 0 radical (unpaired) electrons. The van der Waals surface area contributed by atoms with Crippen molar-refractivity contribution in [1.82, 2.24) is 15.0 Å². The Morgan fingerprint density at radius 3 is 2.68 bits per heavy atom. The van der Waals surface area contributed by atoms with Crippen molar-refractivity contribution >= 4 is 17.2 Å². The number of allylic oxidation sites excluding steroid dienone is 2. The Morgan fingerprint density at radius 1 is 1.20 bits per heavy atom. The molecule has 0 fully saturated rings. The fourth-order valence-corrected chi connectivity index (χ4v) is 3.75. The van der Waals surface area contributed by atoms with Crippen LogP contribution in [0.1, 0.15) is 43.9 Å². The van der Waals surface area contributed by atoms with Gasteiger partial charge in [-0.15, -0.1) is 0 Å². The quantitative estimate of drug-likeness (QED) is 0.905. The molecule has 1 aliphatic heterocycles. The van der Waals surface area contributed by atoms with E-state index in [0.717, 1.165) is 47.0 Å². The number of amides is 1. The Labute approximate surface area is 147 Å². The van der Waals surface area contributed by atoms with Gasteiger partial charge in [-0.25, -0.2) is 4.98 Å². The lowest BCUT2D eigenvalue weighted by atomic mass is 9.80. The Bertz CT molecular complexity index is 933. The van der Waals surface area contributed by atoms with Gasteiger partial charge in [0.2, 0.25) is 5.91 Å². The number of rotatable bonds is 2. The molecule has 0 unspecified atom stereocenters. The maximum absolute atomic E-state index is 13.2. The van der Waals surface area contributed by atoms with Crippen molar-refractivity contribution in [2.24, 2.45) is 5.41 Å². The van der Waals surface area contributed by atoms with Crippen molar-refractivity contribution < 1.29 is 4.79 Å². The number of aromatic amines is 1. The molecule has 2 aromatic rings. The summed E-state index contributed by atoms with van der Waals surface area (Å²) in [5.41, 5.74) is 5.69. The summed E-state index contributed by atoms with van der Waals surface area (Å²) >= 11 is 0. The predicted octanol–water partition coefficient (Wildman–Crippen LogP) is 3.93. The van der Waals surface area contributed by atoms with Crippen molar-refractivity contribution in [2.75, 3.05) is 4.90 Å². The van der Waals surface area contributed by atoms with Gasteiger partial charge in [0.05, 0.1) is 11.1 Å². The predicted molar refractivity (Wildman–Crippen MR) is 97.8 cm³/mol. The van der Waals surface area contributed by atoms with E-state index in [4.69, 9.17) is 0 Å². The lowest BCUT2D eigenvalue weighted by molar-refractivity contribution is -0.123. The largest absolute Gasteiger partial charge is 0.342 e. The summed E-state index contributed by atoms with van der Waals surface area (Å²) < 4.78 is 0. The second-order valence-electron chi connectivity index (χ2n) is 7.37. The van der Waals surface area contributed by atoms with E-state index in [0.29, 0.717) is 0 Å². The van der Waals surface area contributed by atoms with Crippen LogP contribution in [0.25, 0.3) is 5.57 Å². The van der Waals surface area contributed by atoms with Crippen molar-refractivity contribution in [1.29, 1.82) is 0 Å². The Kier molecular flexibility index (Phi) is 3.42. The van der Waals surface area contributed by atoms with Gasteiger partial charge in [-0.2, -0.15) is 0 Å². The van der Waals surface area contributed by atoms with Gasteiger partial charge in [0.1, 0.15) is 5.82 Å². The van der Waals surface area contributed by atoms with Gasteiger partial charge in [0.15, 0.2) is 0 Å². The van der Waals surface area contributed by atoms with Crippen LogP contribution in [0, 0.1) is 19.3 Å². The van der Waals surface area contributed by atoms with Crippen molar-refractivity contribution in [2.45, 2.75) is 40.5 Å². The zero-order valence-corrected chi connectivity index (χ0v) is 15.1. The molecule has 128 valence electrons. The number of pyridine rings is 1. The summed E-state index contributed by atoms with van der Waals surface area (Å²) in [5.74, 6) is 1.02. The molecule has 0 saturated carbocycles. The number of nitrogens with one attached hydrogen (secondary N) is 1. The Hall–Kier alpha value is -2.69. The Balaban J connectivity index is 1.84. The van der Waals surface area contributed by atoms with Gasteiger partial charge in [0, 0.05) is 29.5 Å². The molecule has 0 saturated heterocycles. The molecular formula is C20H22N4O. The van der Waals surface area contributed by atoms with Crippen LogP contribution in [-0.4, -0.2) is 20.9 Å². The van der Waals surface area contributed by atoms with Gasteiger partial charge in [-0.1, -0.05) is 0 Å². The van der Waals surface area contributed by atoms with E-state index in [2.05, 4.69) is 21.0 Å². The van der Waals surface area contributed by atoms with Crippen LogP contribution in [0.15, 0.2) is 41.9 Å². The minimum Gasteiger partial charge on any atom is -0.342 e. The molecule has 0 spiro atoms. The van der Waals surface area contributed by atoms with E-state index in [1.807, 2.05) is 50.9 Å². The summed E-state index contributed by atoms with van der Waals surface area (Å²) in [6.45, 7) is 7.99. The number of aryl methyl sites for hydroxylation is 2. The topological polar surface area (TPSA) is 61.9 Å². The van der Waals surface area contributed by atoms with Crippen LogP contribution in [0.2, 0.25) is 0 Å². The maximum Gasteiger partial charge on any atom is 0.241 e. The van der Waals surface area contributed by atoms with Crippen molar-refractivity contribution in [3.8, 4) is 0 Å². The van der Waals surface area contributed by atoms with Gasteiger partial charge < -0.3 is 4.98 Å². The number of nitrogens with zero attached hydrogens (tertiary/aromatic N) is 3. The van der Waals surface area contributed by atoms with Gasteiger partial charge in [0.25, 0.3) is 0 Å². The van der Waals surface area contributed by atoms with Crippen molar-refractivity contribution in [3.63, 3.8) is 0 Å². The van der Waals surface area contributed by atoms with E-state index in [1.165, 1.54) is 5.57 Å². The number of hydrogen-bond donors (Lipinski definition) is 1. The highest BCUT2D eigenvalue weighted by Gasteiger charge is 2.46. The monoisotopic (exact) mass is 334 g/mol. The normalized spacial score (nSPS) is 19.3. The first-order valence-corrected chi connectivity index (χ1v) is 8.61. The summed E-state index contributed by atoms with van der Waals surface area (Å²) in [7, 11) is 0. The number of hydrogen-bond acceptors (Lipinski definition) is 3. The van der Waals surface area contributed by atoms with Crippen LogP contribution < -0.4 is 4.90 Å². The van der Waals surface area contributed by atoms with E-state index in [1.54, 1.807) is 6.20 Å². The molecule has 1 amide bonds. The summed E-state index contributed by atoms with van der Waals surface area (Å²) in [5, 5.41) is 0. The van der Waals surface area contributed by atoms with Crippen LogP contribution in [0.3, 0.4) is 0 Å². The number of carbonyl (C=O) groups is 1. The number of imidazole rings is 1. The molecule has 0 bridgehead atoms. The first-order valence-electron chi connectivity index (χ1n) is 8.61. The molecule has 1 N–H and O–H groups in total. The SMILES string of the molecule is Cc1cc(N2C(=O)C(C)(C)C3=C2C=C(c2ncc(C)[nH]2)CC3)ccn1. The zero-order valence-electron chi connectivity index (χ0n) is 15.1. The minimum absolute atomic E-state index is 0.122. The summed E-state index contributed by atoms with van der Waals surface area (Å²) in [6.07, 6.45) is 7.49. The fraction of sp³-hybridized carbons (Fsp3) is 0.350. The smallest absolute Gasteiger partial charge is 0.241 e. The lowest BCUT2D eigenvalue weighted by Crippen LogP contribution is -2.33. The maximum atomic E-state index is 13.2. The van der Waals surface area contributed by atoms with E-state index in [9.17, 15) is 4.79 Å². The van der Waals surface area contributed by atoms with Gasteiger partial charge in [-0.3, -0.25) is 14.7 Å². The van der Waals surface area contributed by atoms with Gasteiger partial charge in [-0.05, 0) is 69.9 Å². The number of H-pyrrole nitrogens is 1. The van der Waals surface area contributed by atoms with Crippen LogP contribution in [0.4, 0.5) is 5.69 Å². The van der Waals surface area contributed by atoms with E-state index >= 15 is 0 Å². The Morgan fingerprint density at radius 2 is 2.00 bits per heavy atom. The fourth-order valence-electron chi connectivity index (χ4n) is 3.75. The highest BCUT2D eigenvalue weighted by Crippen LogP contribution is 2.48. The second-order valence-corrected chi connectivity index (χ2v) is 7.37. The van der Waals surface area contributed by atoms with Crippen molar-refractivity contribution in [3.05, 3.63) is 59.1 Å². The average Bonchev–Trinajstić information content (AvgIpc) is 3.08. The third-order valence-electron chi connectivity index (χ3n) is 5.14. The molecule has 25 heavy (non-hydrogen) atoms. The number of aromatic nitrogens is 3. The molecule has 5 heteroatoms. The zero-order chi connectivity index (χ0) is 17.8. The third-order valence-corrected chi connectivity index (χ3v) is 5.14. The molecule has 5 nitrogen and oxygen atoms in total. The second kappa shape index (κ2) is 5.41. The van der Waals surface area contributed by atoms with Crippen LogP contribution in [-0.2, 0) is 4.79 Å². The molecule has 3 heterocycles. The third kappa shape index (κ3) is 2.42. The number of carbonyl (C=O) groups excluding carboxylic acids is 1. The summed E-state index contributed by atoms with van der Waals surface area (Å²) in [6, 6.07) is 3.86. The highest BCUT2D eigenvalue weighted by atomic mass is 16.2. The lowest BCUT2D eigenvalue weighted by Gasteiger charge is -2.22. The molecule has 4 rings (SSSR count). The first kappa shape index (κ1) is 15.8. The van der Waals surface area contributed by atoms with E-state index < -0.39 is 5.41 Å². The number of anilines is 1. The molecule has 2 aromatic heterocycles. The summed E-state index contributed by atoms with van der Waals surface area (Å²) in [4.78, 5) is 27.0. The van der Waals surface area contributed by atoms with Crippen LogP contribution in [0.5, 0.6) is 0 Å². The van der Waals surface area contributed by atoms with Crippen LogP contribution >= 0.6 is 0 Å². The average molecular weight is 334 g/mol.